The molecule has 1 aliphatic heterocycles. The van der Waals surface area contributed by atoms with Gasteiger partial charge in [-0.2, -0.15) is 0 Å². The second-order valence-electron chi connectivity index (χ2n) is 8.36. The van der Waals surface area contributed by atoms with Gasteiger partial charge in [0.25, 0.3) is 0 Å². The Morgan fingerprint density at radius 1 is 1.14 bits per heavy atom. The van der Waals surface area contributed by atoms with Crippen molar-refractivity contribution in [2.75, 3.05) is 18.0 Å². The minimum Gasteiger partial charge on any atom is -0.353 e. The number of nitrogens with one attached hydrogen (secondary N) is 1. The van der Waals surface area contributed by atoms with E-state index in [0.29, 0.717) is 18.5 Å². The summed E-state index contributed by atoms with van der Waals surface area (Å²) in [5, 5.41) is 3.25. The standard InChI is InChI=1S/C23H36N4O/c1-4-5-6-7-8-13-22(28)24-19-14-16-26(17-15-19)23-25-20-11-9-10-12-21(20)27(23)18(2)3/h9-12,18-19H,4-8,13-17H2,1-3H3,(H,24,28). The normalized spacial score (nSPS) is 15.5. The van der Waals surface area contributed by atoms with E-state index in [2.05, 4.69) is 53.8 Å². The lowest BCUT2D eigenvalue weighted by Gasteiger charge is -2.34. The fourth-order valence-electron chi connectivity index (χ4n) is 4.18. The number of rotatable bonds is 9. The number of carbonyl (C=O) groups is 1. The predicted octanol–water partition coefficient (Wildman–Crippen LogP) is 5.06. The van der Waals surface area contributed by atoms with E-state index in [0.717, 1.165) is 43.8 Å². The van der Waals surface area contributed by atoms with E-state index in [9.17, 15) is 4.79 Å². The van der Waals surface area contributed by atoms with Crippen LogP contribution in [0.4, 0.5) is 5.95 Å². The molecular formula is C23H36N4O. The minimum atomic E-state index is 0.226. The van der Waals surface area contributed by atoms with Gasteiger partial charge in [-0.25, -0.2) is 4.98 Å². The van der Waals surface area contributed by atoms with Gasteiger partial charge in [0.2, 0.25) is 11.9 Å². The molecule has 1 amide bonds. The maximum atomic E-state index is 12.2. The first-order valence-corrected chi connectivity index (χ1v) is 11.1. The SMILES string of the molecule is CCCCCCCC(=O)NC1CCN(c2nc3ccccc3n2C(C)C)CC1. The topological polar surface area (TPSA) is 50.2 Å². The average Bonchev–Trinajstić information content (AvgIpc) is 3.08. The van der Waals surface area contributed by atoms with Crippen LogP contribution in [0.5, 0.6) is 0 Å². The van der Waals surface area contributed by atoms with Crippen LogP contribution in [0.25, 0.3) is 11.0 Å². The van der Waals surface area contributed by atoms with Crippen LogP contribution in [0.1, 0.15) is 78.2 Å². The molecule has 0 saturated carbocycles. The Bertz CT molecular complexity index is 759. The van der Waals surface area contributed by atoms with Crippen molar-refractivity contribution < 1.29 is 4.79 Å². The fraction of sp³-hybridized carbons (Fsp3) is 0.652. The summed E-state index contributed by atoms with van der Waals surface area (Å²) < 4.78 is 2.34. The fourth-order valence-corrected chi connectivity index (χ4v) is 4.18. The predicted molar refractivity (Wildman–Crippen MR) is 117 cm³/mol. The van der Waals surface area contributed by atoms with Crippen molar-refractivity contribution in [3.8, 4) is 0 Å². The van der Waals surface area contributed by atoms with Gasteiger partial charge >= 0.3 is 0 Å². The monoisotopic (exact) mass is 384 g/mol. The number of hydrogen-bond donors (Lipinski definition) is 1. The zero-order chi connectivity index (χ0) is 19.9. The number of piperidine rings is 1. The minimum absolute atomic E-state index is 0.226. The van der Waals surface area contributed by atoms with E-state index < -0.39 is 0 Å². The number of nitrogens with zero attached hydrogens (tertiary/aromatic N) is 3. The molecule has 0 aliphatic carbocycles. The molecule has 5 heteroatoms. The molecule has 5 nitrogen and oxygen atoms in total. The van der Waals surface area contributed by atoms with Crippen LogP contribution in [0.3, 0.4) is 0 Å². The molecule has 1 saturated heterocycles. The summed E-state index contributed by atoms with van der Waals surface area (Å²) in [7, 11) is 0. The molecule has 1 aromatic carbocycles. The summed E-state index contributed by atoms with van der Waals surface area (Å²) in [5.41, 5.74) is 2.26. The van der Waals surface area contributed by atoms with Crippen LogP contribution in [-0.2, 0) is 4.79 Å². The third-order valence-electron chi connectivity index (χ3n) is 5.74. The lowest BCUT2D eigenvalue weighted by atomic mass is 10.0. The first kappa shape index (κ1) is 20.7. The number of aromatic nitrogens is 2. The summed E-state index contributed by atoms with van der Waals surface area (Å²) in [5.74, 6) is 1.29. The van der Waals surface area contributed by atoms with Crippen LogP contribution in [-0.4, -0.2) is 34.6 Å². The number of para-hydroxylation sites is 2. The van der Waals surface area contributed by atoms with Gasteiger partial charge in [-0.1, -0.05) is 44.7 Å². The van der Waals surface area contributed by atoms with Gasteiger partial charge < -0.3 is 14.8 Å². The highest BCUT2D eigenvalue weighted by molar-refractivity contribution is 5.79. The smallest absolute Gasteiger partial charge is 0.220 e. The van der Waals surface area contributed by atoms with Crippen LogP contribution < -0.4 is 10.2 Å². The van der Waals surface area contributed by atoms with Gasteiger partial charge in [0.1, 0.15) is 0 Å². The Balaban J connectivity index is 1.52. The van der Waals surface area contributed by atoms with Crippen LogP contribution in [0.15, 0.2) is 24.3 Å². The Morgan fingerprint density at radius 2 is 1.86 bits per heavy atom. The van der Waals surface area contributed by atoms with Crippen LogP contribution in [0, 0.1) is 0 Å². The Hall–Kier alpha value is -2.04. The summed E-state index contributed by atoms with van der Waals surface area (Å²) in [4.78, 5) is 19.5. The molecule has 1 N–H and O–H groups in total. The van der Waals surface area contributed by atoms with Gasteiger partial charge in [0.05, 0.1) is 11.0 Å². The molecule has 1 aromatic heterocycles. The summed E-state index contributed by atoms with van der Waals surface area (Å²) in [6.45, 7) is 8.53. The maximum absolute atomic E-state index is 12.2. The molecule has 2 aromatic rings. The molecular weight excluding hydrogens is 348 g/mol. The molecule has 0 unspecified atom stereocenters. The van der Waals surface area contributed by atoms with E-state index in [1.165, 1.54) is 31.2 Å². The Kier molecular flexibility index (Phi) is 7.35. The van der Waals surface area contributed by atoms with Crippen molar-refractivity contribution >= 4 is 22.9 Å². The van der Waals surface area contributed by atoms with Crippen molar-refractivity contribution in [3.63, 3.8) is 0 Å². The van der Waals surface area contributed by atoms with Gasteiger partial charge in [-0.05, 0) is 45.2 Å². The van der Waals surface area contributed by atoms with Crippen LogP contribution >= 0.6 is 0 Å². The highest BCUT2D eigenvalue weighted by Gasteiger charge is 2.25. The molecule has 2 heterocycles. The molecule has 0 spiro atoms. The molecule has 1 fully saturated rings. The van der Waals surface area contributed by atoms with Crippen molar-refractivity contribution in [2.45, 2.75) is 84.2 Å². The maximum Gasteiger partial charge on any atom is 0.220 e. The highest BCUT2D eigenvalue weighted by atomic mass is 16.1. The van der Waals surface area contributed by atoms with E-state index in [1.54, 1.807) is 0 Å². The molecule has 1 aliphatic rings. The van der Waals surface area contributed by atoms with E-state index >= 15 is 0 Å². The average molecular weight is 385 g/mol. The quantitative estimate of drug-likeness (QED) is 0.615. The highest BCUT2D eigenvalue weighted by Crippen LogP contribution is 2.28. The lowest BCUT2D eigenvalue weighted by molar-refractivity contribution is -0.122. The van der Waals surface area contributed by atoms with E-state index in [4.69, 9.17) is 4.98 Å². The summed E-state index contributed by atoms with van der Waals surface area (Å²) in [6, 6.07) is 9.04. The second kappa shape index (κ2) is 9.94. The summed E-state index contributed by atoms with van der Waals surface area (Å²) in [6.07, 6.45) is 8.61. The number of carbonyl (C=O) groups excluding carboxylic acids is 1. The zero-order valence-electron chi connectivity index (χ0n) is 17.8. The van der Waals surface area contributed by atoms with Gasteiger partial charge in [0, 0.05) is 31.6 Å². The van der Waals surface area contributed by atoms with Crippen molar-refractivity contribution in [1.82, 2.24) is 14.9 Å². The third-order valence-corrected chi connectivity index (χ3v) is 5.74. The molecule has 0 bridgehead atoms. The largest absolute Gasteiger partial charge is 0.353 e. The molecule has 0 atom stereocenters. The van der Waals surface area contributed by atoms with E-state index in [-0.39, 0.29) is 5.91 Å². The van der Waals surface area contributed by atoms with Gasteiger partial charge in [0.15, 0.2) is 0 Å². The number of unbranched alkanes of at least 4 members (excludes halogenated alkanes) is 4. The molecule has 154 valence electrons. The number of anilines is 1. The summed E-state index contributed by atoms with van der Waals surface area (Å²) >= 11 is 0. The Labute approximate surface area is 169 Å². The van der Waals surface area contributed by atoms with Crippen LogP contribution in [0.2, 0.25) is 0 Å². The van der Waals surface area contributed by atoms with Crippen molar-refractivity contribution in [3.05, 3.63) is 24.3 Å². The molecule has 0 radical (unpaired) electrons. The third kappa shape index (κ3) is 5.06. The van der Waals surface area contributed by atoms with Crippen molar-refractivity contribution in [2.24, 2.45) is 0 Å². The van der Waals surface area contributed by atoms with Gasteiger partial charge in [-0.3, -0.25) is 4.79 Å². The number of imidazole rings is 1. The number of hydrogen-bond acceptors (Lipinski definition) is 3. The molecule has 28 heavy (non-hydrogen) atoms. The number of benzene rings is 1. The second-order valence-corrected chi connectivity index (χ2v) is 8.36. The van der Waals surface area contributed by atoms with E-state index in [1.807, 2.05) is 6.07 Å². The first-order valence-electron chi connectivity index (χ1n) is 11.1. The molecule has 3 rings (SSSR count). The number of fused-ring (bicyclic) bond motifs is 1. The Morgan fingerprint density at radius 3 is 2.57 bits per heavy atom. The zero-order valence-corrected chi connectivity index (χ0v) is 17.8. The first-order chi connectivity index (χ1) is 13.6. The lowest BCUT2D eigenvalue weighted by Crippen LogP contribution is -2.45. The number of amides is 1. The van der Waals surface area contributed by atoms with Gasteiger partial charge in [-0.15, -0.1) is 0 Å². The van der Waals surface area contributed by atoms with Crippen molar-refractivity contribution in [1.29, 1.82) is 0 Å².